The Bertz CT molecular complexity index is 697. The van der Waals surface area contributed by atoms with Crippen molar-refractivity contribution in [1.29, 1.82) is 0 Å². The van der Waals surface area contributed by atoms with E-state index in [1.165, 1.54) is 4.52 Å². The van der Waals surface area contributed by atoms with Crippen molar-refractivity contribution in [3.63, 3.8) is 0 Å². The van der Waals surface area contributed by atoms with E-state index in [1.807, 2.05) is 0 Å². The van der Waals surface area contributed by atoms with Crippen LogP contribution in [0.5, 0.6) is 0 Å². The number of alkyl halides is 3. The third-order valence-electron chi connectivity index (χ3n) is 3.44. The molecule has 1 aliphatic heterocycles. The van der Waals surface area contributed by atoms with E-state index in [1.54, 1.807) is 4.90 Å². The van der Waals surface area contributed by atoms with Crippen LogP contribution in [0.3, 0.4) is 0 Å². The van der Waals surface area contributed by atoms with Crippen LogP contribution < -0.4 is 10.6 Å². The monoisotopic (exact) mass is 300 g/mol. The SMILES string of the molecule is NC(=O)[C@@H]1CCN(c2cc(C(F)(F)F)nc3ncnn23)C1. The number of nitrogens with zero attached hydrogens (tertiary/aromatic N) is 5. The lowest BCUT2D eigenvalue weighted by Crippen LogP contribution is -2.28. The predicted molar refractivity (Wildman–Crippen MR) is 65.3 cm³/mol. The molecule has 3 heterocycles. The summed E-state index contributed by atoms with van der Waals surface area (Å²) in [4.78, 5) is 20.0. The molecule has 0 spiro atoms. The molecule has 1 atom stereocenters. The lowest BCUT2D eigenvalue weighted by molar-refractivity contribution is -0.141. The zero-order chi connectivity index (χ0) is 15.2. The minimum atomic E-state index is -4.58. The Balaban J connectivity index is 2.05. The third kappa shape index (κ3) is 2.36. The minimum absolute atomic E-state index is 0.137. The van der Waals surface area contributed by atoms with Gasteiger partial charge in [0.25, 0.3) is 5.78 Å². The first-order valence-electron chi connectivity index (χ1n) is 6.18. The van der Waals surface area contributed by atoms with Gasteiger partial charge in [0.05, 0.1) is 5.92 Å². The Morgan fingerprint density at radius 2 is 2.19 bits per heavy atom. The summed E-state index contributed by atoms with van der Waals surface area (Å²) in [5.41, 5.74) is 4.20. The summed E-state index contributed by atoms with van der Waals surface area (Å²) in [7, 11) is 0. The number of anilines is 1. The maximum Gasteiger partial charge on any atom is 0.433 e. The van der Waals surface area contributed by atoms with Crippen LogP contribution in [0.1, 0.15) is 12.1 Å². The van der Waals surface area contributed by atoms with E-state index in [0.717, 1.165) is 12.4 Å². The molecule has 3 rings (SSSR count). The van der Waals surface area contributed by atoms with Crippen molar-refractivity contribution in [2.45, 2.75) is 12.6 Å². The minimum Gasteiger partial charge on any atom is -0.369 e. The quantitative estimate of drug-likeness (QED) is 0.870. The summed E-state index contributed by atoms with van der Waals surface area (Å²) < 4.78 is 39.9. The van der Waals surface area contributed by atoms with Gasteiger partial charge in [-0.1, -0.05) is 0 Å². The molecule has 2 aromatic rings. The molecular formula is C11H11F3N6O. The Kier molecular flexibility index (Phi) is 2.96. The maximum absolute atomic E-state index is 12.9. The van der Waals surface area contributed by atoms with Crippen molar-refractivity contribution >= 4 is 17.5 Å². The fraction of sp³-hybridized carbons (Fsp3) is 0.455. The lowest BCUT2D eigenvalue weighted by Gasteiger charge is -2.19. The average Bonchev–Trinajstić information content (AvgIpc) is 3.05. The van der Waals surface area contributed by atoms with Crippen molar-refractivity contribution in [3.8, 4) is 0 Å². The summed E-state index contributed by atoms with van der Waals surface area (Å²) >= 11 is 0. The zero-order valence-electron chi connectivity index (χ0n) is 10.7. The molecule has 0 aliphatic carbocycles. The highest BCUT2D eigenvalue weighted by Gasteiger charge is 2.36. The normalized spacial score (nSPS) is 19.4. The van der Waals surface area contributed by atoms with Crippen LogP contribution >= 0.6 is 0 Å². The summed E-state index contributed by atoms with van der Waals surface area (Å²) in [6.07, 6.45) is -2.95. The van der Waals surface area contributed by atoms with Gasteiger partial charge in [-0.15, -0.1) is 0 Å². The first kappa shape index (κ1) is 13.6. The van der Waals surface area contributed by atoms with E-state index in [9.17, 15) is 18.0 Å². The molecule has 0 saturated carbocycles. The number of hydrogen-bond donors (Lipinski definition) is 1. The highest BCUT2D eigenvalue weighted by Crippen LogP contribution is 2.32. The fourth-order valence-electron chi connectivity index (χ4n) is 2.37. The van der Waals surface area contributed by atoms with E-state index in [-0.39, 0.29) is 24.1 Å². The van der Waals surface area contributed by atoms with E-state index >= 15 is 0 Å². The van der Waals surface area contributed by atoms with Crippen molar-refractivity contribution < 1.29 is 18.0 Å². The van der Waals surface area contributed by atoms with Crippen LogP contribution in [0.2, 0.25) is 0 Å². The van der Waals surface area contributed by atoms with Crippen LogP contribution in [-0.2, 0) is 11.0 Å². The number of nitrogens with two attached hydrogens (primary N) is 1. The van der Waals surface area contributed by atoms with Gasteiger partial charge in [-0.2, -0.15) is 27.8 Å². The van der Waals surface area contributed by atoms with Gasteiger partial charge in [0.1, 0.15) is 12.1 Å². The van der Waals surface area contributed by atoms with Crippen molar-refractivity contribution in [2.24, 2.45) is 11.7 Å². The first-order chi connectivity index (χ1) is 9.86. The average molecular weight is 300 g/mol. The number of fused-ring (bicyclic) bond motifs is 1. The molecule has 1 amide bonds. The Hall–Kier alpha value is -2.39. The molecule has 0 unspecified atom stereocenters. The second-order valence-electron chi connectivity index (χ2n) is 4.80. The van der Waals surface area contributed by atoms with Gasteiger partial charge in [-0.25, -0.2) is 4.98 Å². The molecule has 0 radical (unpaired) electrons. The fourth-order valence-corrected chi connectivity index (χ4v) is 2.37. The Labute approximate surface area is 116 Å². The van der Waals surface area contributed by atoms with Crippen molar-refractivity contribution in [2.75, 3.05) is 18.0 Å². The highest BCUT2D eigenvalue weighted by molar-refractivity contribution is 5.78. The molecule has 1 saturated heterocycles. The molecule has 0 aromatic carbocycles. The highest BCUT2D eigenvalue weighted by atomic mass is 19.4. The summed E-state index contributed by atoms with van der Waals surface area (Å²) in [6.45, 7) is 0.676. The first-order valence-corrected chi connectivity index (χ1v) is 6.18. The van der Waals surface area contributed by atoms with Gasteiger partial charge in [0.15, 0.2) is 5.69 Å². The van der Waals surface area contributed by atoms with Crippen LogP contribution in [0.25, 0.3) is 5.78 Å². The summed E-state index contributed by atoms with van der Waals surface area (Å²) in [5, 5.41) is 3.87. The van der Waals surface area contributed by atoms with Crippen molar-refractivity contribution in [1.82, 2.24) is 19.6 Å². The molecule has 0 bridgehead atoms. The standard InChI is InChI=1S/C11H11F3N6O/c12-11(13,14)7-3-8(20-10(18-7)16-5-17-20)19-2-1-6(4-19)9(15)21/h3,5-6H,1-2,4H2,(H2,15,21)/t6-/m1/s1. The third-order valence-corrected chi connectivity index (χ3v) is 3.44. The smallest absolute Gasteiger partial charge is 0.369 e. The number of rotatable bonds is 2. The van der Waals surface area contributed by atoms with Crippen molar-refractivity contribution in [3.05, 3.63) is 18.1 Å². The van der Waals surface area contributed by atoms with Crippen LogP contribution in [-0.4, -0.2) is 38.6 Å². The molecule has 2 N–H and O–H groups in total. The van der Waals surface area contributed by atoms with E-state index in [0.29, 0.717) is 13.0 Å². The van der Waals surface area contributed by atoms with Crippen LogP contribution in [0, 0.1) is 5.92 Å². The molecule has 1 fully saturated rings. The summed E-state index contributed by atoms with van der Waals surface area (Å²) in [5.74, 6) is -0.778. The maximum atomic E-state index is 12.9. The van der Waals surface area contributed by atoms with E-state index in [4.69, 9.17) is 5.73 Å². The Morgan fingerprint density at radius 3 is 2.81 bits per heavy atom. The second-order valence-corrected chi connectivity index (χ2v) is 4.80. The zero-order valence-corrected chi connectivity index (χ0v) is 10.7. The molecular weight excluding hydrogens is 289 g/mol. The molecule has 2 aromatic heterocycles. The van der Waals surface area contributed by atoms with Gasteiger partial charge in [-0.3, -0.25) is 4.79 Å². The second kappa shape index (κ2) is 4.57. The lowest BCUT2D eigenvalue weighted by atomic mass is 10.1. The van der Waals surface area contributed by atoms with Gasteiger partial charge in [0, 0.05) is 19.2 Å². The predicted octanol–water partition coefficient (Wildman–Crippen LogP) is 0.455. The number of hydrogen-bond acceptors (Lipinski definition) is 5. The molecule has 1 aliphatic rings. The number of amides is 1. The molecule has 7 nitrogen and oxygen atoms in total. The topological polar surface area (TPSA) is 89.4 Å². The van der Waals surface area contributed by atoms with Gasteiger partial charge in [-0.05, 0) is 6.42 Å². The van der Waals surface area contributed by atoms with Gasteiger partial charge in [0.2, 0.25) is 5.91 Å². The van der Waals surface area contributed by atoms with Gasteiger partial charge < -0.3 is 10.6 Å². The van der Waals surface area contributed by atoms with Crippen LogP contribution in [0.15, 0.2) is 12.4 Å². The number of carbonyl (C=O) groups is 1. The number of halogens is 3. The molecule has 21 heavy (non-hydrogen) atoms. The molecule has 10 heteroatoms. The van der Waals surface area contributed by atoms with E-state index in [2.05, 4.69) is 15.1 Å². The Morgan fingerprint density at radius 1 is 1.43 bits per heavy atom. The molecule has 112 valence electrons. The number of primary amides is 1. The van der Waals surface area contributed by atoms with E-state index < -0.39 is 17.8 Å². The summed E-state index contributed by atoms with van der Waals surface area (Å²) in [6, 6.07) is 0.908. The van der Waals surface area contributed by atoms with Gasteiger partial charge >= 0.3 is 6.18 Å². The number of carbonyl (C=O) groups excluding carboxylic acids is 1. The van der Waals surface area contributed by atoms with Crippen LogP contribution in [0.4, 0.5) is 19.0 Å². The number of aromatic nitrogens is 4. The largest absolute Gasteiger partial charge is 0.433 e.